The monoisotopic (exact) mass is 426 g/mol. The average Bonchev–Trinajstić information content (AvgIpc) is 3.48. The number of para-hydroxylation sites is 2. The molecule has 5 aromatic rings. The highest BCUT2D eigenvalue weighted by Crippen LogP contribution is 2.31. The van der Waals surface area contributed by atoms with Crippen molar-refractivity contribution in [3.05, 3.63) is 109 Å². The number of aromatic nitrogens is 1. The average molecular weight is 426 g/mol. The molecule has 0 aliphatic carbocycles. The lowest BCUT2D eigenvalue weighted by atomic mass is 10.2. The number of thiazole rings is 1. The van der Waals surface area contributed by atoms with E-state index in [9.17, 15) is 4.79 Å². The fourth-order valence-electron chi connectivity index (χ4n) is 3.21. The minimum Gasteiger partial charge on any atom is -0.467 e. The molecule has 0 saturated carbocycles. The van der Waals surface area contributed by atoms with Crippen LogP contribution in [0.3, 0.4) is 0 Å². The van der Waals surface area contributed by atoms with Gasteiger partial charge in [0.1, 0.15) is 17.3 Å². The van der Waals surface area contributed by atoms with Gasteiger partial charge >= 0.3 is 0 Å². The summed E-state index contributed by atoms with van der Waals surface area (Å²) in [5.41, 5.74) is 1.41. The molecule has 5 nitrogen and oxygen atoms in total. The lowest BCUT2D eigenvalue weighted by molar-refractivity contribution is 0.0983. The van der Waals surface area contributed by atoms with E-state index in [1.165, 1.54) is 11.3 Å². The van der Waals surface area contributed by atoms with E-state index in [4.69, 9.17) is 9.15 Å². The van der Waals surface area contributed by atoms with Gasteiger partial charge in [-0.3, -0.25) is 9.69 Å². The third-order valence-corrected chi connectivity index (χ3v) is 5.79. The number of anilines is 1. The molecule has 0 spiro atoms. The Morgan fingerprint density at radius 2 is 1.61 bits per heavy atom. The summed E-state index contributed by atoms with van der Waals surface area (Å²) in [6, 6.07) is 28.2. The standard InChI is InChI=1S/C25H18N2O3S/c28-24(18-12-14-20(15-13-18)30-19-7-2-1-3-8-19)27(17-21-9-6-16-29-21)25-26-22-10-4-5-11-23(22)31-25/h1-16H,17H2. The highest BCUT2D eigenvalue weighted by atomic mass is 32.1. The fraction of sp³-hybridized carbons (Fsp3) is 0.0400. The van der Waals surface area contributed by atoms with Gasteiger partial charge < -0.3 is 9.15 Å². The van der Waals surface area contributed by atoms with E-state index >= 15 is 0 Å². The van der Waals surface area contributed by atoms with Gasteiger partial charge in [0.05, 0.1) is 23.0 Å². The molecule has 2 heterocycles. The molecule has 3 aromatic carbocycles. The van der Waals surface area contributed by atoms with Crippen LogP contribution in [-0.2, 0) is 6.54 Å². The third-order valence-electron chi connectivity index (χ3n) is 4.73. The van der Waals surface area contributed by atoms with Crippen molar-refractivity contribution in [3.8, 4) is 11.5 Å². The summed E-state index contributed by atoms with van der Waals surface area (Å²) in [7, 11) is 0. The first kappa shape index (κ1) is 19.1. The summed E-state index contributed by atoms with van der Waals surface area (Å²) in [6.07, 6.45) is 1.60. The van der Waals surface area contributed by atoms with Crippen LogP contribution in [-0.4, -0.2) is 10.9 Å². The van der Waals surface area contributed by atoms with Crippen LogP contribution < -0.4 is 9.64 Å². The van der Waals surface area contributed by atoms with Crippen LogP contribution in [0.1, 0.15) is 16.1 Å². The lowest BCUT2D eigenvalue weighted by Crippen LogP contribution is -2.30. The highest BCUT2D eigenvalue weighted by molar-refractivity contribution is 7.22. The number of hydrogen-bond donors (Lipinski definition) is 0. The maximum absolute atomic E-state index is 13.4. The van der Waals surface area contributed by atoms with E-state index in [2.05, 4.69) is 4.98 Å². The number of fused-ring (bicyclic) bond motifs is 1. The molecule has 0 radical (unpaired) electrons. The fourth-order valence-corrected chi connectivity index (χ4v) is 4.17. The second-order valence-electron chi connectivity index (χ2n) is 6.87. The van der Waals surface area contributed by atoms with Crippen molar-refractivity contribution >= 4 is 32.6 Å². The number of amides is 1. The molecular formula is C25H18N2O3S. The van der Waals surface area contributed by atoms with Gasteiger partial charge in [-0.25, -0.2) is 4.98 Å². The predicted molar refractivity (Wildman–Crippen MR) is 122 cm³/mol. The first-order chi connectivity index (χ1) is 15.3. The second-order valence-corrected chi connectivity index (χ2v) is 7.88. The molecule has 31 heavy (non-hydrogen) atoms. The summed E-state index contributed by atoms with van der Waals surface area (Å²) in [5.74, 6) is 1.95. The predicted octanol–water partition coefficient (Wildman–Crippen LogP) is 6.53. The van der Waals surface area contributed by atoms with E-state index in [-0.39, 0.29) is 5.91 Å². The number of benzene rings is 3. The van der Waals surface area contributed by atoms with Crippen LogP contribution >= 0.6 is 11.3 Å². The maximum Gasteiger partial charge on any atom is 0.260 e. The lowest BCUT2D eigenvalue weighted by Gasteiger charge is -2.19. The molecule has 0 unspecified atom stereocenters. The number of nitrogens with zero attached hydrogens (tertiary/aromatic N) is 2. The molecule has 6 heteroatoms. The Labute approximate surface area is 183 Å². The minimum atomic E-state index is -0.151. The summed E-state index contributed by atoms with van der Waals surface area (Å²) < 4.78 is 12.4. The van der Waals surface area contributed by atoms with Crippen LogP contribution in [0.5, 0.6) is 11.5 Å². The number of carbonyl (C=O) groups excluding carboxylic acids is 1. The van der Waals surface area contributed by atoms with Crippen molar-refractivity contribution in [1.82, 2.24) is 4.98 Å². The van der Waals surface area contributed by atoms with Crippen molar-refractivity contribution in [2.45, 2.75) is 6.54 Å². The summed E-state index contributed by atoms with van der Waals surface area (Å²) in [5, 5.41) is 0.632. The molecule has 0 atom stereocenters. The summed E-state index contributed by atoms with van der Waals surface area (Å²) in [6.45, 7) is 0.300. The third kappa shape index (κ3) is 4.20. The van der Waals surface area contributed by atoms with E-state index in [1.807, 2.05) is 66.7 Å². The normalized spacial score (nSPS) is 10.8. The summed E-state index contributed by atoms with van der Waals surface area (Å²) >= 11 is 1.48. The Morgan fingerprint density at radius 3 is 2.35 bits per heavy atom. The first-order valence-corrected chi connectivity index (χ1v) is 10.6. The Kier molecular flexibility index (Phi) is 5.21. The Hall–Kier alpha value is -3.90. The van der Waals surface area contributed by atoms with Crippen LogP contribution in [0.4, 0.5) is 5.13 Å². The van der Waals surface area contributed by atoms with E-state index in [0.717, 1.165) is 16.0 Å². The maximum atomic E-state index is 13.4. The molecule has 0 bridgehead atoms. The van der Waals surface area contributed by atoms with Crippen LogP contribution in [0.25, 0.3) is 10.2 Å². The van der Waals surface area contributed by atoms with Crippen molar-refractivity contribution in [2.75, 3.05) is 4.90 Å². The Morgan fingerprint density at radius 1 is 0.871 bits per heavy atom. The number of hydrogen-bond acceptors (Lipinski definition) is 5. The molecular weight excluding hydrogens is 408 g/mol. The van der Waals surface area contributed by atoms with Crippen molar-refractivity contribution in [1.29, 1.82) is 0 Å². The highest BCUT2D eigenvalue weighted by Gasteiger charge is 2.22. The van der Waals surface area contributed by atoms with E-state index in [0.29, 0.717) is 28.7 Å². The summed E-state index contributed by atoms with van der Waals surface area (Å²) in [4.78, 5) is 19.7. The molecule has 1 amide bonds. The Bertz CT molecular complexity index is 1260. The molecule has 5 rings (SSSR count). The van der Waals surface area contributed by atoms with Gasteiger partial charge in [-0.1, -0.05) is 41.7 Å². The second kappa shape index (κ2) is 8.45. The number of rotatable bonds is 6. The minimum absolute atomic E-state index is 0.151. The molecule has 0 aliphatic heterocycles. The first-order valence-electron chi connectivity index (χ1n) is 9.79. The number of furan rings is 1. The van der Waals surface area contributed by atoms with E-state index < -0.39 is 0 Å². The zero-order chi connectivity index (χ0) is 21.0. The quantitative estimate of drug-likeness (QED) is 0.310. The molecule has 152 valence electrons. The van der Waals surface area contributed by atoms with Gasteiger partial charge in [0.25, 0.3) is 5.91 Å². The smallest absolute Gasteiger partial charge is 0.260 e. The van der Waals surface area contributed by atoms with Gasteiger partial charge in [-0.15, -0.1) is 0 Å². The zero-order valence-electron chi connectivity index (χ0n) is 16.5. The molecule has 2 aromatic heterocycles. The van der Waals surface area contributed by atoms with Gasteiger partial charge in [-0.05, 0) is 60.7 Å². The van der Waals surface area contributed by atoms with Crippen molar-refractivity contribution < 1.29 is 13.9 Å². The number of carbonyl (C=O) groups is 1. The molecule has 0 N–H and O–H groups in total. The van der Waals surface area contributed by atoms with Crippen LogP contribution in [0.15, 0.2) is 102 Å². The van der Waals surface area contributed by atoms with Crippen LogP contribution in [0.2, 0.25) is 0 Å². The van der Waals surface area contributed by atoms with Crippen molar-refractivity contribution in [2.24, 2.45) is 0 Å². The molecule has 0 saturated heterocycles. The largest absolute Gasteiger partial charge is 0.467 e. The SMILES string of the molecule is O=C(c1ccc(Oc2ccccc2)cc1)N(Cc1ccco1)c1nc2ccccc2s1. The van der Waals surface area contributed by atoms with Gasteiger partial charge in [0, 0.05) is 5.56 Å². The van der Waals surface area contributed by atoms with E-state index in [1.54, 1.807) is 35.4 Å². The Balaban J connectivity index is 1.43. The van der Waals surface area contributed by atoms with Crippen LogP contribution in [0, 0.1) is 0 Å². The van der Waals surface area contributed by atoms with Crippen molar-refractivity contribution in [3.63, 3.8) is 0 Å². The number of ether oxygens (including phenoxy) is 1. The van der Waals surface area contributed by atoms with Gasteiger partial charge in [-0.2, -0.15) is 0 Å². The molecule has 0 aliphatic rings. The van der Waals surface area contributed by atoms with Gasteiger partial charge in [0.2, 0.25) is 0 Å². The zero-order valence-corrected chi connectivity index (χ0v) is 17.3. The topological polar surface area (TPSA) is 55.6 Å². The molecule has 0 fully saturated rings. The van der Waals surface area contributed by atoms with Gasteiger partial charge in [0.15, 0.2) is 5.13 Å².